The SMILES string of the molecule is CC1(C)CCC(C)(C)c2c(-c3cc4c5ccccc5n(-c5ccccc5)c4cc3N(c3ccc(-c4ccccc4)cc3)c3ccc(-c4ccccc4)cc3)cccc21. The van der Waals surface area contributed by atoms with E-state index in [9.17, 15) is 0 Å². The predicted molar refractivity (Wildman–Crippen MR) is 247 cm³/mol. The Morgan fingerprint density at radius 1 is 0.414 bits per heavy atom. The largest absolute Gasteiger partial charge is 0.310 e. The first-order valence-corrected chi connectivity index (χ1v) is 20.6. The molecule has 282 valence electrons. The molecule has 2 heteroatoms. The summed E-state index contributed by atoms with van der Waals surface area (Å²) in [6.45, 7) is 9.76. The van der Waals surface area contributed by atoms with E-state index in [-0.39, 0.29) is 10.8 Å². The summed E-state index contributed by atoms with van der Waals surface area (Å²) in [5, 5.41) is 2.51. The maximum absolute atomic E-state index is 2.50. The lowest BCUT2D eigenvalue weighted by Crippen LogP contribution is -2.34. The van der Waals surface area contributed by atoms with Crippen molar-refractivity contribution in [3.63, 3.8) is 0 Å². The molecule has 1 aliphatic carbocycles. The highest BCUT2D eigenvalue weighted by Crippen LogP contribution is 2.53. The van der Waals surface area contributed by atoms with E-state index in [0.29, 0.717) is 0 Å². The van der Waals surface area contributed by atoms with Gasteiger partial charge >= 0.3 is 0 Å². The van der Waals surface area contributed by atoms with Gasteiger partial charge < -0.3 is 9.47 Å². The van der Waals surface area contributed by atoms with Crippen LogP contribution in [-0.2, 0) is 10.8 Å². The topological polar surface area (TPSA) is 8.17 Å². The molecule has 1 aromatic heterocycles. The molecule has 0 amide bonds. The fraction of sp³-hybridized carbons (Fsp3) is 0.143. The van der Waals surface area contributed by atoms with E-state index in [1.165, 1.54) is 72.7 Å². The van der Waals surface area contributed by atoms with Crippen molar-refractivity contribution in [3.8, 4) is 39.1 Å². The van der Waals surface area contributed by atoms with E-state index < -0.39 is 0 Å². The maximum Gasteiger partial charge on any atom is 0.0562 e. The number of benzene rings is 8. The first-order chi connectivity index (χ1) is 28.3. The summed E-state index contributed by atoms with van der Waals surface area (Å²) in [4.78, 5) is 2.49. The minimum absolute atomic E-state index is 0.00516. The van der Waals surface area contributed by atoms with Crippen LogP contribution in [0, 0.1) is 0 Å². The van der Waals surface area contributed by atoms with Crippen LogP contribution in [0.15, 0.2) is 194 Å². The van der Waals surface area contributed by atoms with Gasteiger partial charge in [0.15, 0.2) is 0 Å². The number of para-hydroxylation sites is 2. The molecule has 10 rings (SSSR count). The molecule has 0 bridgehead atoms. The number of hydrogen-bond acceptors (Lipinski definition) is 1. The van der Waals surface area contributed by atoms with Gasteiger partial charge in [0.2, 0.25) is 0 Å². The van der Waals surface area contributed by atoms with E-state index in [1.54, 1.807) is 0 Å². The van der Waals surface area contributed by atoms with Crippen molar-refractivity contribution >= 4 is 38.9 Å². The zero-order valence-electron chi connectivity index (χ0n) is 33.8. The summed E-state index contributed by atoms with van der Waals surface area (Å²) >= 11 is 0. The van der Waals surface area contributed by atoms with Gasteiger partial charge in [0.25, 0.3) is 0 Å². The number of nitrogens with zero attached hydrogens (tertiary/aromatic N) is 2. The fourth-order valence-electron chi connectivity index (χ4n) is 9.51. The Balaban J connectivity index is 1.30. The van der Waals surface area contributed by atoms with Crippen LogP contribution in [0.1, 0.15) is 51.7 Å². The number of hydrogen-bond donors (Lipinski definition) is 0. The van der Waals surface area contributed by atoms with E-state index in [0.717, 1.165) is 29.2 Å². The third kappa shape index (κ3) is 6.12. The van der Waals surface area contributed by atoms with E-state index in [1.807, 2.05) is 0 Å². The second-order valence-electron chi connectivity index (χ2n) is 17.2. The molecule has 8 aromatic carbocycles. The lowest BCUT2D eigenvalue weighted by molar-refractivity contribution is 0.333. The van der Waals surface area contributed by atoms with Gasteiger partial charge in [-0.3, -0.25) is 0 Å². The normalized spacial score (nSPS) is 14.3. The summed E-state index contributed by atoms with van der Waals surface area (Å²) in [6, 6.07) is 71.4. The average molecular weight is 749 g/mol. The average Bonchev–Trinajstić information content (AvgIpc) is 3.59. The molecule has 58 heavy (non-hydrogen) atoms. The summed E-state index contributed by atoms with van der Waals surface area (Å²) in [7, 11) is 0. The van der Waals surface area contributed by atoms with Gasteiger partial charge in [-0.05, 0) is 117 Å². The van der Waals surface area contributed by atoms with Crippen LogP contribution in [-0.4, -0.2) is 4.57 Å². The third-order valence-electron chi connectivity index (χ3n) is 12.6. The van der Waals surface area contributed by atoms with Crippen LogP contribution >= 0.6 is 0 Å². The summed E-state index contributed by atoms with van der Waals surface area (Å²) in [5.41, 5.74) is 17.3. The van der Waals surface area contributed by atoms with Crippen LogP contribution in [0.3, 0.4) is 0 Å². The van der Waals surface area contributed by atoms with Gasteiger partial charge in [0.05, 0.1) is 16.7 Å². The van der Waals surface area contributed by atoms with Crippen LogP contribution in [0.25, 0.3) is 60.9 Å². The number of anilines is 3. The van der Waals surface area contributed by atoms with Gasteiger partial charge in [0, 0.05) is 33.4 Å². The Hall–Kier alpha value is -6.64. The summed E-state index contributed by atoms with van der Waals surface area (Å²) in [6.07, 6.45) is 2.31. The highest BCUT2D eigenvalue weighted by molar-refractivity contribution is 6.13. The lowest BCUT2D eigenvalue weighted by atomic mass is 9.61. The molecule has 0 spiro atoms. The maximum atomic E-state index is 2.50. The molecular formula is C56H48N2. The summed E-state index contributed by atoms with van der Waals surface area (Å²) in [5.74, 6) is 0. The van der Waals surface area contributed by atoms with Crippen LogP contribution in [0.4, 0.5) is 17.1 Å². The molecule has 0 saturated carbocycles. The highest BCUT2D eigenvalue weighted by Gasteiger charge is 2.39. The monoisotopic (exact) mass is 748 g/mol. The fourth-order valence-corrected chi connectivity index (χ4v) is 9.51. The summed E-state index contributed by atoms with van der Waals surface area (Å²) < 4.78 is 2.45. The Morgan fingerprint density at radius 2 is 0.931 bits per heavy atom. The lowest BCUT2D eigenvalue weighted by Gasteiger charge is -2.43. The van der Waals surface area contributed by atoms with Crippen molar-refractivity contribution in [3.05, 3.63) is 205 Å². The molecule has 0 atom stereocenters. The van der Waals surface area contributed by atoms with Crippen LogP contribution in [0.5, 0.6) is 0 Å². The zero-order valence-corrected chi connectivity index (χ0v) is 33.8. The van der Waals surface area contributed by atoms with E-state index in [4.69, 9.17) is 0 Å². The molecule has 0 radical (unpaired) electrons. The molecule has 2 nitrogen and oxygen atoms in total. The Kier molecular flexibility index (Phi) is 8.68. The van der Waals surface area contributed by atoms with Gasteiger partial charge in [-0.2, -0.15) is 0 Å². The Morgan fingerprint density at radius 3 is 1.53 bits per heavy atom. The number of rotatable bonds is 7. The van der Waals surface area contributed by atoms with Crippen molar-refractivity contribution < 1.29 is 0 Å². The second-order valence-corrected chi connectivity index (χ2v) is 17.2. The van der Waals surface area contributed by atoms with Gasteiger partial charge in [-0.25, -0.2) is 0 Å². The standard InChI is InChI=1S/C56H48N2/c1-55(2)35-36-56(3,4)54-47(24-16-25-50(54)55)49-37-48-46-23-14-15-26-51(46)58(43-21-12-7-13-22-43)53(48)38-52(49)57(44-31-27-41(28-32-44)39-17-8-5-9-18-39)45-33-29-42(30-34-45)40-19-10-6-11-20-40/h5-34,37-38H,35-36H2,1-4H3. The molecular weight excluding hydrogens is 701 g/mol. The Labute approximate surface area is 342 Å². The van der Waals surface area contributed by atoms with Crippen molar-refractivity contribution in [2.24, 2.45) is 0 Å². The minimum Gasteiger partial charge on any atom is -0.310 e. The molecule has 0 unspecified atom stereocenters. The van der Waals surface area contributed by atoms with E-state index >= 15 is 0 Å². The number of fused-ring (bicyclic) bond motifs is 4. The van der Waals surface area contributed by atoms with Gasteiger partial charge in [0.1, 0.15) is 0 Å². The predicted octanol–water partition coefficient (Wildman–Crippen LogP) is 15.6. The number of aromatic nitrogens is 1. The molecule has 0 fully saturated rings. The van der Waals surface area contributed by atoms with Gasteiger partial charge in [-0.1, -0.05) is 167 Å². The first kappa shape index (κ1) is 35.8. The van der Waals surface area contributed by atoms with Crippen molar-refractivity contribution in [1.82, 2.24) is 4.57 Å². The minimum atomic E-state index is 0.00516. The van der Waals surface area contributed by atoms with Crippen molar-refractivity contribution in [2.75, 3.05) is 4.90 Å². The first-order valence-electron chi connectivity index (χ1n) is 20.6. The van der Waals surface area contributed by atoms with E-state index in [2.05, 4.69) is 231 Å². The molecule has 0 saturated heterocycles. The third-order valence-corrected chi connectivity index (χ3v) is 12.6. The smallest absolute Gasteiger partial charge is 0.0562 e. The highest BCUT2D eigenvalue weighted by atomic mass is 15.1. The molecule has 1 aliphatic rings. The van der Waals surface area contributed by atoms with Crippen LogP contribution in [0.2, 0.25) is 0 Å². The molecule has 9 aromatic rings. The Bertz CT molecular complexity index is 2820. The molecule has 0 aliphatic heterocycles. The zero-order chi connectivity index (χ0) is 39.4. The van der Waals surface area contributed by atoms with Crippen LogP contribution < -0.4 is 4.90 Å². The second kappa shape index (κ2) is 14.1. The van der Waals surface area contributed by atoms with Crippen molar-refractivity contribution in [2.45, 2.75) is 51.4 Å². The van der Waals surface area contributed by atoms with Crippen molar-refractivity contribution in [1.29, 1.82) is 0 Å². The quantitative estimate of drug-likeness (QED) is 0.158. The van der Waals surface area contributed by atoms with Gasteiger partial charge in [-0.15, -0.1) is 0 Å². The molecule has 0 N–H and O–H groups in total. The molecule has 1 heterocycles.